The molecule has 0 radical (unpaired) electrons. The molecule has 0 spiro atoms. The Bertz CT molecular complexity index is 530. The molecule has 0 fully saturated rings. The van der Waals surface area contributed by atoms with Crippen LogP contribution in [0.3, 0.4) is 0 Å². The minimum absolute atomic E-state index is 0.237. The van der Waals surface area contributed by atoms with E-state index in [1.165, 1.54) is 0 Å². The number of benzene rings is 1. The van der Waals surface area contributed by atoms with Crippen molar-refractivity contribution in [3.05, 3.63) is 45.4 Å². The van der Waals surface area contributed by atoms with Gasteiger partial charge in [-0.1, -0.05) is 17.7 Å². The van der Waals surface area contributed by atoms with Crippen LogP contribution >= 0.6 is 22.9 Å². The lowest BCUT2D eigenvalue weighted by molar-refractivity contribution is 0.269. The Hall–Kier alpha value is -1.10. The van der Waals surface area contributed by atoms with Crippen LogP contribution in [0, 0.1) is 6.92 Å². The monoisotopic (exact) mass is 296 g/mol. The lowest BCUT2D eigenvalue weighted by Crippen LogP contribution is -2.33. The number of ether oxygens (including phenoxy) is 1. The minimum Gasteiger partial charge on any atom is -0.492 e. The van der Waals surface area contributed by atoms with E-state index in [9.17, 15) is 0 Å². The molecule has 3 nitrogen and oxygen atoms in total. The molecule has 1 aromatic carbocycles. The molecule has 0 aliphatic rings. The molecule has 1 atom stereocenters. The van der Waals surface area contributed by atoms with E-state index in [1.807, 2.05) is 38.2 Å². The molecule has 2 aromatic rings. The zero-order valence-electron chi connectivity index (χ0n) is 11.0. The maximum absolute atomic E-state index is 5.92. The van der Waals surface area contributed by atoms with Gasteiger partial charge in [0.15, 0.2) is 0 Å². The Labute approximate surface area is 122 Å². The van der Waals surface area contributed by atoms with Crippen LogP contribution in [0.1, 0.15) is 10.7 Å². The fourth-order valence-corrected chi connectivity index (χ4v) is 2.56. The first kappa shape index (κ1) is 14.3. The van der Waals surface area contributed by atoms with E-state index in [1.54, 1.807) is 11.3 Å². The predicted molar refractivity (Wildman–Crippen MR) is 80.3 cm³/mol. The molecule has 1 aromatic heterocycles. The Morgan fingerprint density at radius 3 is 2.95 bits per heavy atom. The van der Waals surface area contributed by atoms with Gasteiger partial charge in [-0.25, -0.2) is 4.98 Å². The minimum atomic E-state index is 0.237. The molecule has 1 unspecified atom stereocenters. The Morgan fingerprint density at radius 1 is 1.47 bits per heavy atom. The summed E-state index contributed by atoms with van der Waals surface area (Å²) in [7, 11) is 1.94. The molecule has 1 N–H and O–H groups in total. The van der Waals surface area contributed by atoms with Gasteiger partial charge in [0.2, 0.25) is 0 Å². The highest BCUT2D eigenvalue weighted by Gasteiger charge is 2.10. The highest BCUT2D eigenvalue weighted by atomic mass is 35.5. The van der Waals surface area contributed by atoms with Crippen LogP contribution in [0.2, 0.25) is 5.02 Å². The molecule has 5 heteroatoms. The van der Waals surface area contributed by atoms with E-state index < -0.39 is 0 Å². The normalized spacial score (nSPS) is 12.4. The molecule has 0 saturated carbocycles. The SMILES string of the molecule is CNC(COc1cccc(Cl)c1)Cc1csc(C)n1. The number of aryl methyl sites for hydroxylation is 1. The molecule has 102 valence electrons. The van der Waals surface area contributed by atoms with E-state index in [0.29, 0.717) is 11.6 Å². The fraction of sp³-hybridized carbons (Fsp3) is 0.357. The first-order valence-electron chi connectivity index (χ1n) is 6.14. The standard InChI is InChI=1S/C14H17ClN2OS/c1-10-17-13(9-19-10)7-12(16-2)8-18-14-5-3-4-11(15)6-14/h3-6,9,12,16H,7-8H2,1-2H3. The van der Waals surface area contributed by atoms with Crippen LogP contribution in [-0.2, 0) is 6.42 Å². The van der Waals surface area contributed by atoms with Crippen molar-refractivity contribution in [3.63, 3.8) is 0 Å². The largest absolute Gasteiger partial charge is 0.492 e. The van der Waals surface area contributed by atoms with Crippen LogP contribution in [0.15, 0.2) is 29.6 Å². The van der Waals surface area contributed by atoms with Crippen molar-refractivity contribution < 1.29 is 4.74 Å². The Morgan fingerprint density at radius 2 is 2.32 bits per heavy atom. The number of rotatable bonds is 6. The molecule has 0 bridgehead atoms. The summed E-state index contributed by atoms with van der Waals surface area (Å²) in [4.78, 5) is 4.47. The number of nitrogens with zero attached hydrogens (tertiary/aromatic N) is 1. The van der Waals surface area contributed by atoms with Gasteiger partial charge >= 0.3 is 0 Å². The van der Waals surface area contributed by atoms with E-state index in [0.717, 1.165) is 22.9 Å². The third-order valence-corrected chi connectivity index (χ3v) is 3.84. The average molecular weight is 297 g/mol. The lowest BCUT2D eigenvalue weighted by Gasteiger charge is -2.16. The van der Waals surface area contributed by atoms with Gasteiger partial charge < -0.3 is 10.1 Å². The highest BCUT2D eigenvalue weighted by Crippen LogP contribution is 2.17. The summed E-state index contributed by atoms with van der Waals surface area (Å²) in [5, 5.41) is 7.13. The van der Waals surface area contributed by atoms with Crippen LogP contribution in [0.4, 0.5) is 0 Å². The fourth-order valence-electron chi connectivity index (χ4n) is 1.75. The topological polar surface area (TPSA) is 34.1 Å². The third-order valence-electron chi connectivity index (χ3n) is 2.78. The number of hydrogen-bond acceptors (Lipinski definition) is 4. The first-order valence-corrected chi connectivity index (χ1v) is 7.40. The van der Waals surface area contributed by atoms with Crippen LogP contribution in [0.25, 0.3) is 0 Å². The number of hydrogen-bond donors (Lipinski definition) is 1. The number of aromatic nitrogens is 1. The summed E-state index contributed by atoms with van der Waals surface area (Å²) in [5.74, 6) is 0.794. The van der Waals surface area contributed by atoms with Gasteiger partial charge in [-0.05, 0) is 32.2 Å². The van der Waals surface area contributed by atoms with Gasteiger partial charge in [0.05, 0.1) is 10.7 Å². The average Bonchev–Trinajstić information content (AvgIpc) is 2.80. The van der Waals surface area contributed by atoms with Gasteiger partial charge in [0.25, 0.3) is 0 Å². The molecular formula is C14H17ClN2OS. The summed E-state index contributed by atoms with van der Waals surface area (Å²) in [5.41, 5.74) is 1.11. The predicted octanol–water partition coefficient (Wildman–Crippen LogP) is 3.31. The van der Waals surface area contributed by atoms with E-state index in [2.05, 4.69) is 15.7 Å². The Balaban J connectivity index is 1.89. The van der Waals surface area contributed by atoms with Crippen molar-refractivity contribution in [2.45, 2.75) is 19.4 Å². The van der Waals surface area contributed by atoms with Crippen molar-refractivity contribution in [3.8, 4) is 5.75 Å². The molecule has 19 heavy (non-hydrogen) atoms. The van der Waals surface area contributed by atoms with Crippen molar-refractivity contribution in [2.75, 3.05) is 13.7 Å². The molecule has 1 heterocycles. The molecule has 0 amide bonds. The second kappa shape index (κ2) is 6.89. The zero-order chi connectivity index (χ0) is 13.7. The van der Waals surface area contributed by atoms with E-state index in [4.69, 9.17) is 16.3 Å². The smallest absolute Gasteiger partial charge is 0.120 e. The van der Waals surface area contributed by atoms with Gasteiger partial charge in [0, 0.05) is 22.9 Å². The molecular weight excluding hydrogens is 280 g/mol. The summed E-state index contributed by atoms with van der Waals surface area (Å²) in [6.45, 7) is 2.61. The van der Waals surface area contributed by atoms with Crippen molar-refractivity contribution in [2.24, 2.45) is 0 Å². The zero-order valence-corrected chi connectivity index (χ0v) is 12.6. The summed E-state index contributed by atoms with van der Waals surface area (Å²) < 4.78 is 5.75. The van der Waals surface area contributed by atoms with Crippen molar-refractivity contribution in [1.29, 1.82) is 0 Å². The number of likely N-dealkylation sites (N-methyl/N-ethyl adjacent to an activating group) is 1. The van der Waals surface area contributed by atoms with Crippen molar-refractivity contribution >= 4 is 22.9 Å². The molecule has 0 saturated heterocycles. The maximum atomic E-state index is 5.92. The van der Waals surface area contributed by atoms with Gasteiger partial charge in [-0.15, -0.1) is 11.3 Å². The van der Waals surface area contributed by atoms with Crippen LogP contribution < -0.4 is 10.1 Å². The molecule has 2 rings (SSSR count). The van der Waals surface area contributed by atoms with Crippen LogP contribution in [0.5, 0.6) is 5.75 Å². The quantitative estimate of drug-likeness (QED) is 0.888. The number of halogens is 1. The number of thiazole rings is 1. The second-order valence-corrected chi connectivity index (χ2v) is 5.81. The molecule has 0 aliphatic heterocycles. The summed E-state index contributed by atoms with van der Waals surface area (Å²) >= 11 is 7.60. The summed E-state index contributed by atoms with van der Waals surface area (Å²) in [6.07, 6.45) is 0.863. The summed E-state index contributed by atoms with van der Waals surface area (Å²) in [6, 6.07) is 7.69. The second-order valence-electron chi connectivity index (χ2n) is 4.32. The van der Waals surface area contributed by atoms with Crippen LogP contribution in [-0.4, -0.2) is 24.7 Å². The van der Waals surface area contributed by atoms with Gasteiger partial charge in [0.1, 0.15) is 12.4 Å². The highest BCUT2D eigenvalue weighted by molar-refractivity contribution is 7.09. The number of nitrogens with one attached hydrogen (secondary N) is 1. The first-order chi connectivity index (χ1) is 9.17. The third kappa shape index (κ3) is 4.49. The van der Waals surface area contributed by atoms with Gasteiger partial charge in [-0.3, -0.25) is 0 Å². The molecule has 0 aliphatic carbocycles. The van der Waals surface area contributed by atoms with Gasteiger partial charge in [-0.2, -0.15) is 0 Å². The van der Waals surface area contributed by atoms with E-state index >= 15 is 0 Å². The van der Waals surface area contributed by atoms with E-state index in [-0.39, 0.29) is 6.04 Å². The van der Waals surface area contributed by atoms with Crippen molar-refractivity contribution in [1.82, 2.24) is 10.3 Å². The maximum Gasteiger partial charge on any atom is 0.120 e. The Kier molecular flexibility index (Phi) is 5.19. The lowest BCUT2D eigenvalue weighted by atomic mass is 10.2.